The highest BCUT2D eigenvalue weighted by Crippen LogP contribution is 2.36. The number of hydrogen-bond donors (Lipinski definition) is 1. The number of benzene rings is 1. The molecule has 0 unspecified atom stereocenters. The van der Waals surface area contributed by atoms with E-state index in [9.17, 15) is 0 Å². The summed E-state index contributed by atoms with van der Waals surface area (Å²) in [6.07, 6.45) is 5.72. The van der Waals surface area contributed by atoms with Crippen molar-refractivity contribution in [1.29, 1.82) is 0 Å². The molecule has 5 rings (SSSR count). The van der Waals surface area contributed by atoms with E-state index in [0.717, 1.165) is 47.6 Å². The maximum absolute atomic E-state index is 6.06. The summed E-state index contributed by atoms with van der Waals surface area (Å²) in [6.45, 7) is 5.81. The van der Waals surface area contributed by atoms with Gasteiger partial charge in [0.05, 0.1) is 24.1 Å². The number of aryl methyl sites for hydroxylation is 1. The molecule has 0 bridgehead atoms. The van der Waals surface area contributed by atoms with Gasteiger partial charge in [-0.2, -0.15) is 5.10 Å². The maximum atomic E-state index is 6.06. The fourth-order valence-corrected chi connectivity index (χ4v) is 4.02. The van der Waals surface area contributed by atoms with Crippen LogP contribution in [0.1, 0.15) is 30.7 Å². The van der Waals surface area contributed by atoms with Gasteiger partial charge in [-0.3, -0.25) is 4.68 Å². The Bertz CT molecular complexity index is 1200. The molecule has 0 saturated carbocycles. The van der Waals surface area contributed by atoms with Gasteiger partial charge in [0.2, 0.25) is 5.95 Å². The summed E-state index contributed by atoms with van der Waals surface area (Å²) in [5.74, 6) is 0.803. The van der Waals surface area contributed by atoms with Gasteiger partial charge < -0.3 is 5.73 Å². The zero-order valence-corrected chi connectivity index (χ0v) is 17.2. The van der Waals surface area contributed by atoms with E-state index in [1.54, 1.807) is 4.68 Å². The summed E-state index contributed by atoms with van der Waals surface area (Å²) in [4.78, 5) is 9.06. The molecule has 0 spiro atoms. The van der Waals surface area contributed by atoms with Crippen LogP contribution in [0.4, 0.5) is 5.95 Å². The number of rotatable bonds is 5. The van der Waals surface area contributed by atoms with Gasteiger partial charge in [-0.15, -0.1) is 5.10 Å². The van der Waals surface area contributed by atoms with E-state index < -0.39 is 0 Å². The van der Waals surface area contributed by atoms with Crippen LogP contribution in [-0.4, -0.2) is 34.7 Å². The Labute approximate surface area is 174 Å². The third kappa shape index (κ3) is 3.45. The summed E-state index contributed by atoms with van der Waals surface area (Å²) in [7, 11) is 0. The zero-order valence-electron chi connectivity index (χ0n) is 17.2. The van der Waals surface area contributed by atoms with Crippen molar-refractivity contribution in [1.82, 2.24) is 34.7 Å². The van der Waals surface area contributed by atoms with Gasteiger partial charge in [-0.1, -0.05) is 43.3 Å². The number of nitrogens with zero attached hydrogens (tertiary/aromatic N) is 7. The van der Waals surface area contributed by atoms with Crippen molar-refractivity contribution in [2.75, 3.05) is 5.73 Å². The molecular formula is C22H24N8. The summed E-state index contributed by atoms with van der Waals surface area (Å²) < 4.78 is 3.76. The van der Waals surface area contributed by atoms with Crippen molar-refractivity contribution in [3.05, 3.63) is 59.5 Å². The molecule has 1 aromatic carbocycles. The molecular weight excluding hydrogens is 376 g/mol. The van der Waals surface area contributed by atoms with Crippen molar-refractivity contribution < 1.29 is 0 Å². The molecule has 0 aliphatic heterocycles. The van der Waals surface area contributed by atoms with E-state index in [4.69, 9.17) is 5.73 Å². The van der Waals surface area contributed by atoms with Gasteiger partial charge >= 0.3 is 0 Å². The smallest absolute Gasteiger partial charge is 0.221 e. The van der Waals surface area contributed by atoms with Crippen LogP contribution < -0.4 is 5.73 Å². The molecule has 0 fully saturated rings. The maximum Gasteiger partial charge on any atom is 0.221 e. The van der Waals surface area contributed by atoms with Gasteiger partial charge in [0, 0.05) is 23.9 Å². The summed E-state index contributed by atoms with van der Waals surface area (Å²) in [6, 6.07) is 10.3. The van der Waals surface area contributed by atoms with Crippen LogP contribution in [0.2, 0.25) is 0 Å². The highest BCUT2D eigenvalue weighted by molar-refractivity contribution is 5.76. The highest BCUT2D eigenvalue weighted by Gasteiger charge is 2.23. The molecule has 8 nitrogen and oxygen atoms in total. The van der Waals surface area contributed by atoms with Crippen molar-refractivity contribution >= 4 is 5.95 Å². The van der Waals surface area contributed by atoms with Crippen LogP contribution in [-0.2, 0) is 25.9 Å². The Morgan fingerprint density at radius 1 is 1.03 bits per heavy atom. The molecule has 30 heavy (non-hydrogen) atoms. The Morgan fingerprint density at radius 2 is 1.87 bits per heavy atom. The molecule has 0 saturated heterocycles. The third-order valence-electron chi connectivity index (χ3n) is 5.29. The second-order valence-electron chi connectivity index (χ2n) is 8.14. The van der Waals surface area contributed by atoms with Crippen LogP contribution in [0, 0.1) is 5.92 Å². The number of aromatic nitrogens is 7. The molecule has 2 N–H and O–H groups in total. The normalized spacial score (nSPS) is 12.8. The zero-order chi connectivity index (χ0) is 20.7. The fraction of sp³-hybridized carbons (Fsp3) is 0.318. The molecule has 152 valence electrons. The molecule has 0 atom stereocenters. The van der Waals surface area contributed by atoms with Crippen LogP contribution in [0.15, 0.2) is 42.7 Å². The van der Waals surface area contributed by atoms with E-state index in [0.29, 0.717) is 18.2 Å². The minimum atomic E-state index is 0.252. The van der Waals surface area contributed by atoms with Crippen LogP contribution in [0.3, 0.4) is 0 Å². The topological polar surface area (TPSA) is 100 Å². The van der Waals surface area contributed by atoms with E-state index in [1.807, 2.05) is 29.2 Å². The fourth-order valence-electron chi connectivity index (χ4n) is 4.02. The van der Waals surface area contributed by atoms with Gasteiger partial charge in [0.15, 0.2) is 0 Å². The molecule has 0 radical (unpaired) electrons. The molecule has 8 heteroatoms. The van der Waals surface area contributed by atoms with Crippen LogP contribution in [0.25, 0.3) is 22.6 Å². The van der Waals surface area contributed by atoms with Crippen molar-refractivity contribution in [3.63, 3.8) is 0 Å². The average molecular weight is 400 g/mol. The van der Waals surface area contributed by atoms with Gasteiger partial charge in [-0.25, -0.2) is 14.6 Å². The minimum absolute atomic E-state index is 0.252. The summed E-state index contributed by atoms with van der Waals surface area (Å²) in [5.41, 5.74) is 12.9. The number of fused-ring (bicyclic) bond motifs is 3. The molecule has 1 aliphatic carbocycles. The van der Waals surface area contributed by atoms with Gasteiger partial charge in [0.1, 0.15) is 11.4 Å². The van der Waals surface area contributed by atoms with Crippen molar-refractivity contribution in [2.24, 2.45) is 5.92 Å². The SMILES string of the molecule is CC(C)Cn1ccc(Cn2cc(-c3nc(N)nc4c3CCc3ccccc3-4)nn2)n1. The lowest BCUT2D eigenvalue weighted by Crippen LogP contribution is -2.11. The van der Waals surface area contributed by atoms with Crippen molar-refractivity contribution in [2.45, 2.75) is 39.8 Å². The summed E-state index contributed by atoms with van der Waals surface area (Å²) >= 11 is 0. The van der Waals surface area contributed by atoms with Gasteiger partial charge in [-0.05, 0) is 30.4 Å². The van der Waals surface area contributed by atoms with E-state index in [2.05, 4.69) is 57.4 Å². The lowest BCUT2D eigenvalue weighted by atomic mass is 9.88. The standard InChI is InChI=1S/C22H24N8/c1-14(2)11-29-10-9-16(27-29)12-30-13-19(26-28-30)21-18-8-7-15-5-3-4-6-17(15)20(18)24-22(23)25-21/h3-6,9-10,13-14H,7-8,11-12H2,1-2H3,(H2,23,24,25). The summed E-state index contributed by atoms with van der Waals surface area (Å²) in [5, 5.41) is 13.3. The largest absolute Gasteiger partial charge is 0.368 e. The molecule has 0 amide bonds. The average Bonchev–Trinajstić information content (AvgIpc) is 3.36. The third-order valence-corrected chi connectivity index (χ3v) is 5.29. The minimum Gasteiger partial charge on any atom is -0.368 e. The molecule has 1 aliphatic rings. The van der Waals surface area contributed by atoms with Crippen molar-refractivity contribution in [3.8, 4) is 22.6 Å². The Morgan fingerprint density at radius 3 is 2.73 bits per heavy atom. The second-order valence-corrected chi connectivity index (χ2v) is 8.14. The van der Waals surface area contributed by atoms with E-state index in [-0.39, 0.29) is 5.95 Å². The number of nitrogens with two attached hydrogens (primary N) is 1. The van der Waals surface area contributed by atoms with E-state index in [1.165, 1.54) is 5.56 Å². The lowest BCUT2D eigenvalue weighted by Gasteiger charge is -2.20. The first kappa shape index (κ1) is 18.5. The van der Waals surface area contributed by atoms with Crippen LogP contribution >= 0.6 is 0 Å². The predicted octanol–water partition coefficient (Wildman–Crippen LogP) is 2.98. The highest BCUT2D eigenvalue weighted by atomic mass is 15.4. The van der Waals surface area contributed by atoms with E-state index >= 15 is 0 Å². The Hall–Kier alpha value is -3.55. The number of hydrogen-bond acceptors (Lipinski definition) is 6. The molecule has 3 heterocycles. The quantitative estimate of drug-likeness (QED) is 0.553. The lowest BCUT2D eigenvalue weighted by molar-refractivity contribution is 0.477. The van der Waals surface area contributed by atoms with Gasteiger partial charge in [0.25, 0.3) is 0 Å². The second kappa shape index (κ2) is 7.37. The molecule has 4 aromatic rings. The first-order valence-corrected chi connectivity index (χ1v) is 10.2. The number of anilines is 1. The molecule has 3 aromatic heterocycles. The predicted molar refractivity (Wildman–Crippen MR) is 114 cm³/mol. The van der Waals surface area contributed by atoms with Crippen LogP contribution in [0.5, 0.6) is 0 Å². The number of nitrogen functional groups attached to an aromatic ring is 1. The Balaban J connectivity index is 1.46. The Kier molecular flexibility index (Phi) is 4.54. The first-order chi connectivity index (χ1) is 14.6. The first-order valence-electron chi connectivity index (χ1n) is 10.2. The monoisotopic (exact) mass is 400 g/mol.